The van der Waals surface area contributed by atoms with Crippen LogP contribution in [0.2, 0.25) is 0 Å². The van der Waals surface area contributed by atoms with Crippen molar-refractivity contribution in [2.24, 2.45) is 0 Å². The van der Waals surface area contributed by atoms with Gasteiger partial charge in [-0.3, -0.25) is 0 Å². The van der Waals surface area contributed by atoms with Crippen LogP contribution in [0.15, 0.2) is 29.2 Å². The van der Waals surface area contributed by atoms with Crippen molar-refractivity contribution in [3.63, 3.8) is 0 Å². The van der Waals surface area contributed by atoms with Gasteiger partial charge in [-0.1, -0.05) is 36.8 Å². The van der Waals surface area contributed by atoms with Crippen LogP contribution in [-0.4, -0.2) is 21.1 Å². The second-order valence-corrected chi connectivity index (χ2v) is 6.65. The summed E-state index contributed by atoms with van der Waals surface area (Å²) in [5.41, 5.74) is 3.87. The molecule has 0 saturated heterocycles. The van der Waals surface area contributed by atoms with Gasteiger partial charge in [0, 0.05) is 0 Å². The van der Waals surface area contributed by atoms with Crippen LogP contribution in [0.25, 0.3) is 0 Å². The maximum Gasteiger partial charge on any atom is 0.432 e. The minimum atomic E-state index is -4.10. The number of carbonyl (C=O) groups is 1. The fourth-order valence-corrected chi connectivity index (χ4v) is 3.39. The minimum absolute atomic E-state index is 0.0503. The minimum Gasteiger partial charge on any atom is -0.448 e. The highest BCUT2D eigenvalue weighted by Crippen LogP contribution is 2.22. The normalized spacial score (nSPS) is 11.7. The number of aryl methyl sites for hydroxylation is 3. The van der Waals surface area contributed by atoms with Gasteiger partial charge in [0.25, 0.3) is 0 Å². The average molecular weight is 341 g/mol. The molecule has 0 bridgehead atoms. The number of benzene rings is 1. The van der Waals surface area contributed by atoms with Gasteiger partial charge in [-0.25, -0.2) is 4.79 Å². The van der Waals surface area contributed by atoms with Crippen LogP contribution >= 0.6 is 0 Å². The SMILES string of the molecule is CC/C=C\CCOC(=O)NOS(=O)(=O)c1c(C)cc(C)cc1C. The topological polar surface area (TPSA) is 81.7 Å². The van der Waals surface area contributed by atoms with Crippen molar-refractivity contribution in [3.05, 3.63) is 41.0 Å². The Labute approximate surface area is 137 Å². The summed E-state index contributed by atoms with van der Waals surface area (Å²) in [4.78, 5) is 11.5. The first-order valence-corrected chi connectivity index (χ1v) is 8.78. The number of rotatable bonds is 7. The molecule has 0 aliphatic rings. The number of ether oxygens (including phenoxy) is 1. The summed E-state index contributed by atoms with van der Waals surface area (Å²) < 4.78 is 33.8. The number of amides is 1. The second kappa shape index (κ2) is 8.69. The zero-order valence-corrected chi connectivity index (χ0v) is 14.7. The summed E-state index contributed by atoms with van der Waals surface area (Å²) in [6.07, 6.45) is 4.35. The van der Waals surface area contributed by atoms with Gasteiger partial charge < -0.3 is 4.74 Å². The molecule has 23 heavy (non-hydrogen) atoms. The molecule has 0 fully saturated rings. The third-order valence-electron chi connectivity index (χ3n) is 3.01. The van der Waals surface area contributed by atoms with Crippen molar-refractivity contribution in [1.29, 1.82) is 0 Å². The monoisotopic (exact) mass is 341 g/mol. The largest absolute Gasteiger partial charge is 0.448 e. The van der Waals surface area contributed by atoms with Gasteiger partial charge in [0.1, 0.15) is 4.90 Å². The number of hydroxylamine groups is 1. The van der Waals surface area contributed by atoms with E-state index in [1.54, 1.807) is 26.0 Å². The van der Waals surface area contributed by atoms with E-state index in [4.69, 9.17) is 4.74 Å². The predicted molar refractivity (Wildman–Crippen MR) is 87.5 cm³/mol. The van der Waals surface area contributed by atoms with E-state index in [2.05, 4.69) is 4.28 Å². The van der Waals surface area contributed by atoms with E-state index >= 15 is 0 Å². The lowest BCUT2D eigenvalue weighted by Crippen LogP contribution is -2.28. The van der Waals surface area contributed by atoms with Gasteiger partial charge in [-0.15, -0.1) is 4.28 Å². The van der Waals surface area contributed by atoms with Crippen molar-refractivity contribution >= 4 is 16.2 Å². The van der Waals surface area contributed by atoms with Gasteiger partial charge >= 0.3 is 16.2 Å². The van der Waals surface area contributed by atoms with E-state index in [0.717, 1.165) is 12.0 Å². The lowest BCUT2D eigenvalue weighted by atomic mass is 10.1. The van der Waals surface area contributed by atoms with Crippen molar-refractivity contribution in [2.75, 3.05) is 6.61 Å². The number of allylic oxidation sites excluding steroid dienone is 1. The third-order valence-corrected chi connectivity index (χ3v) is 4.46. The van der Waals surface area contributed by atoms with Crippen LogP contribution in [-0.2, 0) is 19.1 Å². The Morgan fingerprint density at radius 3 is 2.35 bits per heavy atom. The molecule has 0 atom stereocenters. The van der Waals surface area contributed by atoms with E-state index in [0.29, 0.717) is 17.5 Å². The van der Waals surface area contributed by atoms with Crippen LogP contribution in [0.3, 0.4) is 0 Å². The highest BCUT2D eigenvalue weighted by molar-refractivity contribution is 7.86. The molecule has 0 spiro atoms. The van der Waals surface area contributed by atoms with Gasteiger partial charge in [-0.05, 0) is 44.7 Å². The van der Waals surface area contributed by atoms with Crippen molar-refractivity contribution in [2.45, 2.75) is 45.4 Å². The van der Waals surface area contributed by atoms with Crippen molar-refractivity contribution in [1.82, 2.24) is 5.48 Å². The molecule has 0 unspecified atom stereocenters. The molecular weight excluding hydrogens is 318 g/mol. The van der Waals surface area contributed by atoms with Gasteiger partial charge in [-0.2, -0.15) is 13.9 Å². The van der Waals surface area contributed by atoms with E-state index in [1.807, 2.05) is 31.5 Å². The number of hydrogen-bond acceptors (Lipinski definition) is 5. The lowest BCUT2D eigenvalue weighted by molar-refractivity contribution is 0.104. The molecule has 0 aliphatic carbocycles. The lowest BCUT2D eigenvalue weighted by Gasteiger charge is -2.12. The van der Waals surface area contributed by atoms with Gasteiger partial charge in [0.2, 0.25) is 0 Å². The standard InChI is InChI=1S/C16H23NO5S/c1-5-6-7-8-9-21-16(18)17-22-23(19,20)15-13(3)10-12(2)11-14(15)4/h6-7,10-11H,5,8-9H2,1-4H3,(H,17,18)/b7-6-. The molecule has 1 aromatic rings. The zero-order chi connectivity index (χ0) is 17.5. The Kier molecular flexibility index (Phi) is 7.25. The fourth-order valence-electron chi connectivity index (χ4n) is 2.23. The first-order valence-electron chi connectivity index (χ1n) is 7.37. The molecule has 0 saturated carbocycles. The molecule has 1 aromatic carbocycles. The summed E-state index contributed by atoms with van der Waals surface area (Å²) in [6, 6.07) is 3.48. The quantitative estimate of drug-likeness (QED) is 0.467. The number of carbonyl (C=O) groups excluding carboxylic acids is 1. The molecule has 6 nitrogen and oxygen atoms in total. The van der Waals surface area contributed by atoms with Crippen molar-refractivity contribution in [3.8, 4) is 0 Å². The van der Waals surface area contributed by atoms with Crippen molar-refractivity contribution < 1.29 is 22.2 Å². The first kappa shape index (κ1) is 19.2. The van der Waals surface area contributed by atoms with Crippen LogP contribution in [0.1, 0.15) is 36.5 Å². The Hall–Kier alpha value is -1.86. The molecule has 0 aliphatic heterocycles. The smallest absolute Gasteiger partial charge is 0.432 e. The molecule has 0 radical (unpaired) electrons. The Bertz CT molecular complexity index is 657. The zero-order valence-electron chi connectivity index (χ0n) is 13.9. The summed E-state index contributed by atoms with van der Waals surface area (Å²) in [5.74, 6) is 0. The van der Waals surface area contributed by atoms with E-state index in [1.165, 1.54) is 0 Å². The summed E-state index contributed by atoms with van der Waals surface area (Å²) in [6.45, 7) is 7.37. The second-order valence-electron chi connectivity index (χ2n) is 5.17. The molecule has 128 valence electrons. The molecule has 7 heteroatoms. The molecular formula is C16H23NO5S. The van der Waals surface area contributed by atoms with Crippen LogP contribution in [0.4, 0.5) is 4.79 Å². The number of nitrogens with one attached hydrogen (secondary N) is 1. The molecule has 1 amide bonds. The third kappa shape index (κ3) is 6.03. The molecule has 1 N–H and O–H groups in total. The van der Waals surface area contributed by atoms with E-state index < -0.39 is 16.2 Å². The van der Waals surface area contributed by atoms with Gasteiger partial charge in [0.15, 0.2) is 0 Å². The Morgan fingerprint density at radius 1 is 1.17 bits per heavy atom. The fraction of sp³-hybridized carbons (Fsp3) is 0.438. The summed E-state index contributed by atoms with van der Waals surface area (Å²) in [7, 11) is -4.10. The van der Waals surface area contributed by atoms with Crippen LogP contribution in [0.5, 0.6) is 0 Å². The van der Waals surface area contributed by atoms with Gasteiger partial charge in [0.05, 0.1) is 6.61 Å². The Morgan fingerprint density at radius 2 is 1.78 bits per heavy atom. The maximum atomic E-state index is 12.2. The maximum absolute atomic E-state index is 12.2. The molecule has 0 aromatic heterocycles. The van der Waals surface area contributed by atoms with Crippen LogP contribution < -0.4 is 5.48 Å². The molecule has 1 rings (SSSR count). The average Bonchev–Trinajstić information content (AvgIpc) is 2.43. The Balaban J connectivity index is 2.63. The summed E-state index contributed by atoms with van der Waals surface area (Å²) in [5, 5.41) is 0. The highest BCUT2D eigenvalue weighted by atomic mass is 32.2. The van der Waals surface area contributed by atoms with Crippen LogP contribution in [0, 0.1) is 20.8 Å². The predicted octanol–water partition coefficient (Wildman–Crippen LogP) is 3.31. The van der Waals surface area contributed by atoms with E-state index in [9.17, 15) is 13.2 Å². The molecule has 0 heterocycles. The summed E-state index contributed by atoms with van der Waals surface area (Å²) >= 11 is 0. The highest BCUT2D eigenvalue weighted by Gasteiger charge is 2.22. The number of hydrogen-bond donors (Lipinski definition) is 1. The van der Waals surface area contributed by atoms with E-state index in [-0.39, 0.29) is 11.5 Å². The first-order chi connectivity index (χ1) is 10.8.